The van der Waals surface area contributed by atoms with Crippen molar-refractivity contribution < 1.29 is 14.3 Å². The maximum absolute atomic E-state index is 12.4. The highest BCUT2D eigenvalue weighted by Crippen LogP contribution is 2.41. The van der Waals surface area contributed by atoms with E-state index in [1.165, 1.54) is 0 Å². The van der Waals surface area contributed by atoms with E-state index >= 15 is 0 Å². The van der Waals surface area contributed by atoms with Gasteiger partial charge in [-0.05, 0) is 38.1 Å². The molecule has 25 heavy (non-hydrogen) atoms. The van der Waals surface area contributed by atoms with Crippen LogP contribution in [0.1, 0.15) is 31.9 Å². The maximum Gasteiger partial charge on any atom is 0.230 e. The standard InChI is InChI=1S/C20H23NO3S/c1-20(2)12-17(16-10-9-14(23-3)11-18(16)24-20)21-19(22)13-25-15-7-5-4-6-8-15/h4-11,17H,12-13H2,1-3H3,(H,21,22)/t17-/m1/s1. The number of rotatable bonds is 5. The Hall–Kier alpha value is -2.14. The first kappa shape index (κ1) is 17.7. The Kier molecular flexibility index (Phi) is 5.23. The third-order valence-electron chi connectivity index (χ3n) is 4.13. The average molecular weight is 357 g/mol. The topological polar surface area (TPSA) is 47.6 Å². The van der Waals surface area contributed by atoms with E-state index in [1.54, 1.807) is 18.9 Å². The normalized spacial score (nSPS) is 18.0. The molecule has 0 bridgehead atoms. The summed E-state index contributed by atoms with van der Waals surface area (Å²) in [5.74, 6) is 1.95. The minimum absolute atomic E-state index is 0.0262. The first-order chi connectivity index (χ1) is 12.0. The quantitative estimate of drug-likeness (QED) is 0.815. The predicted molar refractivity (Wildman–Crippen MR) is 100 cm³/mol. The van der Waals surface area contributed by atoms with Crippen molar-refractivity contribution in [2.75, 3.05) is 12.9 Å². The van der Waals surface area contributed by atoms with E-state index in [9.17, 15) is 4.79 Å². The SMILES string of the molecule is COc1ccc2c(c1)OC(C)(C)C[C@H]2NC(=O)CSc1ccccc1. The molecule has 0 aliphatic carbocycles. The van der Waals surface area contributed by atoms with Crippen molar-refractivity contribution in [1.29, 1.82) is 0 Å². The van der Waals surface area contributed by atoms with Crippen LogP contribution < -0.4 is 14.8 Å². The number of benzene rings is 2. The molecular formula is C20H23NO3S. The molecule has 0 aromatic heterocycles. The van der Waals surface area contributed by atoms with Gasteiger partial charge in [0.15, 0.2) is 0 Å². The van der Waals surface area contributed by atoms with Crippen molar-refractivity contribution in [3.05, 3.63) is 54.1 Å². The van der Waals surface area contributed by atoms with Crippen molar-refractivity contribution in [3.63, 3.8) is 0 Å². The molecule has 3 rings (SSSR count). The minimum atomic E-state index is -0.343. The second kappa shape index (κ2) is 7.40. The molecule has 0 fully saturated rings. The molecule has 1 N–H and O–H groups in total. The summed E-state index contributed by atoms with van der Waals surface area (Å²) in [7, 11) is 1.63. The van der Waals surface area contributed by atoms with Gasteiger partial charge in [-0.3, -0.25) is 4.79 Å². The van der Waals surface area contributed by atoms with Gasteiger partial charge in [0.05, 0.1) is 18.9 Å². The van der Waals surface area contributed by atoms with E-state index in [0.717, 1.165) is 28.4 Å². The van der Waals surface area contributed by atoms with Crippen molar-refractivity contribution in [1.82, 2.24) is 5.32 Å². The molecule has 5 heteroatoms. The van der Waals surface area contributed by atoms with E-state index in [4.69, 9.17) is 9.47 Å². The number of carbonyl (C=O) groups excluding carboxylic acids is 1. The maximum atomic E-state index is 12.4. The summed E-state index contributed by atoms with van der Waals surface area (Å²) in [6.45, 7) is 4.07. The number of hydrogen-bond acceptors (Lipinski definition) is 4. The smallest absolute Gasteiger partial charge is 0.230 e. The van der Waals surface area contributed by atoms with Gasteiger partial charge in [-0.15, -0.1) is 11.8 Å². The average Bonchev–Trinajstić information content (AvgIpc) is 2.59. The lowest BCUT2D eigenvalue weighted by atomic mass is 9.89. The molecule has 0 saturated heterocycles. The lowest BCUT2D eigenvalue weighted by molar-refractivity contribution is -0.119. The summed E-state index contributed by atoms with van der Waals surface area (Å²) < 4.78 is 11.3. The molecule has 0 spiro atoms. The summed E-state index contributed by atoms with van der Waals surface area (Å²) >= 11 is 1.54. The molecule has 2 aromatic carbocycles. The van der Waals surface area contributed by atoms with Crippen LogP contribution in [0.4, 0.5) is 0 Å². The second-order valence-electron chi connectivity index (χ2n) is 6.69. The van der Waals surface area contributed by atoms with Gasteiger partial charge in [-0.2, -0.15) is 0 Å². The van der Waals surface area contributed by atoms with Gasteiger partial charge in [0.2, 0.25) is 5.91 Å². The zero-order valence-corrected chi connectivity index (χ0v) is 15.6. The van der Waals surface area contributed by atoms with Crippen LogP contribution in [0.25, 0.3) is 0 Å². The Labute approximate surface area is 152 Å². The Balaban J connectivity index is 1.70. The fraction of sp³-hybridized carbons (Fsp3) is 0.350. The van der Waals surface area contributed by atoms with Crippen LogP contribution >= 0.6 is 11.8 Å². The van der Waals surface area contributed by atoms with Crippen molar-refractivity contribution >= 4 is 17.7 Å². The number of amides is 1. The lowest BCUT2D eigenvalue weighted by Gasteiger charge is -2.38. The highest BCUT2D eigenvalue weighted by atomic mass is 32.2. The van der Waals surface area contributed by atoms with E-state index in [2.05, 4.69) is 5.32 Å². The van der Waals surface area contributed by atoms with Gasteiger partial charge in [-0.25, -0.2) is 0 Å². The number of methoxy groups -OCH3 is 1. The van der Waals surface area contributed by atoms with Gasteiger partial charge in [0, 0.05) is 22.9 Å². The first-order valence-electron chi connectivity index (χ1n) is 8.31. The van der Waals surface area contributed by atoms with E-state index in [-0.39, 0.29) is 17.6 Å². The van der Waals surface area contributed by atoms with Crippen LogP contribution in [0.3, 0.4) is 0 Å². The molecule has 1 aliphatic rings. The van der Waals surface area contributed by atoms with E-state index in [1.807, 2.05) is 62.4 Å². The first-order valence-corrected chi connectivity index (χ1v) is 9.29. The molecule has 1 aliphatic heterocycles. The van der Waals surface area contributed by atoms with Crippen LogP contribution in [0.2, 0.25) is 0 Å². The molecule has 2 aromatic rings. The molecule has 0 saturated carbocycles. The fourth-order valence-corrected chi connectivity index (χ4v) is 3.72. The van der Waals surface area contributed by atoms with Crippen molar-refractivity contribution in [2.45, 2.75) is 36.8 Å². The van der Waals surface area contributed by atoms with Crippen LogP contribution in [-0.2, 0) is 4.79 Å². The molecular weight excluding hydrogens is 334 g/mol. The Morgan fingerprint density at radius 2 is 2.04 bits per heavy atom. The number of hydrogen-bond donors (Lipinski definition) is 1. The van der Waals surface area contributed by atoms with Gasteiger partial charge < -0.3 is 14.8 Å². The third kappa shape index (κ3) is 4.48. The number of carbonyl (C=O) groups is 1. The van der Waals surface area contributed by atoms with Crippen LogP contribution in [0.5, 0.6) is 11.5 Å². The van der Waals surface area contributed by atoms with Crippen LogP contribution in [0.15, 0.2) is 53.4 Å². The summed E-state index contributed by atoms with van der Waals surface area (Å²) in [4.78, 5) is 13.5. The summed E-state index contributed by atoms with van der Waals surface area (Å²) in [6, 6.07) is 15.6. The van der Waals surface area contributed by atoms with Crippen molar-refractivity contribution in [2.24, 2.45) is 0 Å². The fourth-order valence-electron chi connectivity index (χ4n) is 2.99. The van der Waals surface area contributed by atoms with Gasteiger partial charge >= 0.3 is 0 Å². The molecule has 1 amide bonds. The Morgan fingerprint density at radius 3 is 2.76 bits per heavy atom. The van der Waals surface area contributed by atoms with Crippen molar-refractivity contribution in [3.8, 4) is 11.5 Å². The van der Waals surface area contributed by atoms with Gasteiger partial charge in [0.25, 0.3) is 0 Å². The van der Waals surface area contributed by atoms with E-state index in [0.29, 0.717) is 5.75 Å². The highest BCUT2D eigenvalue weighted by Gasteiger charge is 2.34. The number of nitrogens with one attached hydrogen (secondary N) is 1. The van der Waals surface area contributed by atoms with Gasteiger partial charge in [-0.1, -0.05) is 18.2 Å². The van der Waals surface area contributed by atoms with Gasteiger partial charge in [0.1, 0.15) is 17.1 Å². The van der Waals surface area contributed by atoms with Crippen LogP contribution in [0, 0.1) is 0 Å². The Morgan fingerprint density at radius 1 is 1.28 bits per heavy atom. The lowest BCUT2D eigenvalue weighted by Crippen LogP contribution is -2.41. The Bertz CT molecular complexity index is 746. The summed E-state index contributed by atoms with van der Waals surface area (Å²) in [6.07, 6.45) is 0.730. The summed E-state index contributed by atoms with van der Waals surface area (Å²) in [5, 5.41) is 3.16. The predicted octanol–water partition coefficient (Wildman–Crippen LogP) is 4.21. The molecule has 1 atom stereocenters. The third-order valence-corrected chi connectivity index (χ3v) is 5.14. The zero-order valence-electron chi connectivity index (χ0n) is 14.7. The zero-order chi connectivity index (χ0) is 17.9. The molecule has 0 unspecified atom stereocenters. The molecule has 1 heterocycles. The second-order valence-corrected chi connectivity index (χ2v) is 7.74. The highest BCUT2D eigenvalue weighted by molar-refractivity contribution is 8.00. The number of fused-ring (bicyclic) bond motifs is 1. The monoisotopic (exact) mass is 357 g/mol. The minimum Gasteiger partial charge on any atom is -0.497 e. The molecule has 0 radical (unpaired) electrons. The number of ether oxygens (including phenoxy) is 2. The molecule has 132 valence electrons. The largest absolute Gasteiger partial charge is 0.497 e. The van der Waals surface area contributed by atoms with E-state index < -0.39 is 0 Å². The number of thioether (sulfide) groups is 1. The van der Waals surface area contributed by atoms with Crippen LogP contribution in [-0.4, -0.2) is 24.4 Å². The summed E-state index contributed by atoms with van der Waals surface area (Å²) in [5.41, 5.74) is 0.655. The molecule has 4 nitrogen and oxygen atoms in total.